The molecule has 5 nitrogen and oxygen atoms in total. The van der Waals surface area contributed by atoms with E-state index in [0.717, 1.165) is 11.6 Å². The second kappa shape index (κ2) is 7.16. The van der Waals surface area contributed by atoms with Crippen molar-refractivity contribution in [2.45, 2.75) is 17.6 Å². The van der Waals surface area contributed by atoms with Crippen LogP contribution in [0.25, 0.3) is 0 Å². The fourth-order valence-electron chi connectivity index (χ4n) is 2.64. The molecule has 0 N–H and O–H groups in total. The van der Waals surface area contributed by atoms with Crippen molar-refractivity contribution < 1.29 is 22.5 Å². The number of ether oxygens (including phenoxy) is 1. The van der Waals surface area contributed by atoms with Gasteiger partial charge in [0.15, 0.2) is 16.4 Å². The number of hydrogen-bond acceptors (Lipinski definition) is 5. The molecule has 1 unspecified atom stereocenters. The molecule has 4 rings (SSSR count). The van der Waals surface area contributed by atoms with Crippen LogP contribution in [0.5, 0.6) is 11.8 Å². The zero-order chi connectivity index (χ0) is 19.9. The van der Waals surface area contributed by atoms with E-state index in [1.54, 1.807) is 24.3 Å². The van der Waals surface area contributed by atoms with E-state index < -0.39 is 29.2 Å². The molecular formula is C18H11ClF3N3O2S. The van der Waals surface area contributed by atoms with Gasteiger partial charge in [0.05, 0.1) is 6.54 Å². The first-order chi connectivity index (χ1) is 13.3. The third-order valence-corrected chi connectivity index (χ3v) is 5.68. The molecule has 0 spiro atoms. The molecule has 1 aromatic heterocycles. The summed E-state index contributed by atoms with van der Waals surface area (Å²) in [5, 5.41) is 0.447. The maximum atomic E-state index is 13.3. The lowest BCUT2D eigenvalue weighted by Gasteiger charge is -2.19. The highest BCUT2D eigenvalue weighted by Crippen LogP contribution is 2.37. The lowest BCUT2D eigenvalue weighted by molar-refractivity contribution is -0.141. The molecule has 0 aliphatic carbocycles. The van der Waals surface area contributed by atoms with Crippen LogP contribution in [0.15, 0.2) is 59.5 Å². The molecule has 0 saturated heterocycles. The number of hydrogen-bond donors (Lipinski definition) is 0. The molecule has 144 valence electrons. The highest BCUT2D eigenvalue weighted by Gasteiger charge is 2.39. The summed E-state index contributed by atoms with van der Waals surface area (Å²) in [5.74, 6) is 0.0846. The van der Waals surface area contributed by atoms with Crippen molar-refractivity contribution in [2.75, 3.05) is 4.31 Å². The summed E-state index contributed by atoms with van der Waals surface area (Å²) in [6.45, 7) is 0.164. The monoisotopic (exact) mass is 425 g/mol. The Bertz CT molecular complexity index is 1020. The van der Waals surface area contributed by atoms with Gasteiger partial charge in [-0.25, -0.2) is 0 Å². The van der Waals surface area contributed by atoms with E-state index in [-0.39, 0.29) is 18.1 Å². The predicted molar refractivity (Wildman–Crippen MR) is 97.6 cm³/mol. The van der Waals surface area contributed by atoms with Crippen LogP contribution in [0, 0.1) is 0 Å². The first-order valence-electron chi connectivity index (χ1n) is 7.98. The van der Waals surface area contributed by atoms with Crippen LogP contribution < -0.4 is 9.04 Å². The smallest absolute Gasteiger partial charge is 0.433 e. The number of nitrogens with zero attached hydrogens (tertiary/aromatic N) is 3. The second-order valence-corrected chi connectivity index (χ2v) is 7.66. The van der Waals surface area contributed by atoms with Crippen molar-refractivity contribution in [3.63, 3.8) is 0 Å². The number of halogens is 4. The first-order valence-corrected chi connectivity index (χ1v) is 9.47. The molecule has 2 heterocycles. The second-order valence-electron chi connectivity index (χ2n) is 5.84. The molecule has 0 amide bonds. The highest BCUT2D eigenvalue weighted by molar-refractivity contribution is 7.93. The molecule has 1 aliphatic heterocycles. The van der Waals surface area contributed by atoms with Gasteiger partial charge in [0.1, 0.15) is 17.1 Å². The van der Waals surface area contributed by atoms with Crippen molar-refractivity contribution in [1.29, 1.82) is 0 Å². The number of anilines is 1. The summed E-state index contributed by atoms with van der Waals surface area (Å²) in [4.78, 5) is 8.03. The van der Waals surface area contributed by atoms with Crippen molar-refractivity contribution in [2.24, 2.45) is 0 Å². The SMILES string of the molecule is [O-][S+]1c2ccccc2CN1c1cc(C(F)(F)F)nc(Oc2ccc(Cl)cc2)n1. The fourth-order valence-corrected chi connectivity index (χ4v) is 4.08. The summed E-state index contributed by atoms with van der Waals surface area (Å²) in [7, 11) is 0. The van der Waals surface area contributed by atoms with Gasteiger partial charge < -0.3 is 9.29 Å². The van der Waals surface area contributed by atoms with Crippen LogP contribution in [0.4, 0.5) is 19.0 Å². The third-order valence-electron chi connectivity index (χ3n) is 3.94. The van der Waals surface area contributed by atoms with E-state index >= 15 is 0 Å². The fraction of sp³-hybridized carbons (Fsp3) is 0.111. The largest absolute Gasteiger partial charge is 0.588 e. The minimum absolute atomic E-state index is 0.138. The van der Waals surface area contributed by atoms with Gasteiger partial charge in [-0.3, -0.25) is 0 Å². The Morgan fingerprint density at radius 2 is 1.79 bits per heavy atom. The number of benzene rings is 2. The molecule has 0 bridgehead atoms. The molecule has 1 atom stereocenters. The van der Waals surface area contributed by atoms with E-state index in [4.69, 9.17) is 16.3 Å². The predicted octanol–water partition coefficient (Wildman–Crippen LogP) is 4.98. The highest BCUT2D eigenvalue weighted by atomic mass is 35.5. The molecular weight excluding hydrogens is 415 g/mol. The summed E-state index contributed by atoms with van der Waals surface area (Å²) in [5.41, 5.74) is -0.428. The molecule has 0 fully saturated rings. The van der Waals surface area contributed by atoms with Gasteiger partial charge in [0.2, 0.25) is 0 Å². The summed E-state index contributed by atoms with van der Waals surface area (Å²) >= 11 is 4.12. The molecule has 0 radical (unpaired) electrons. The van der Waals surface area contributed by atoms with Gasteiger partial charge in [0, 0.05) is 16.7 Å². The quantitative estimate of drug-likeness (QED) is 0.553. The molecule has 10 heteroatoms. The van der Waals surface area contributed by atoms with E-state index in [0.29, 0.717) is 9.92 Å². The number of aromatic nitrogens is 2. The average molecular weight is 426 g/mol. The Balaban J connectivity index is 1.72. The van der Waals surface area contributed by atoms with E-state index in [1.807, 2.05) is 0 Å². The topological polar surface area (TPSA) is 61.3 Å². The summed E-state index contributed by atoms with van der Waals surface area (Å²) in [6, 6.07) is 13.2. The van der Waals surface area contributed by atoms with Crippen molar-refractivity contribution >= 4 is 28.8 Å². The normalized spacial score (nSPS) is 16.2. The van der Waals surface area contributed by atoms with Gasteiger partial charge >= 0.3 is 12.2 Å². The number of rotatable bonds is 3. The first kappa shape index (κ1) is 18.9. The molecule has 1 aliphatic rings. The maximum Gasteiger partial charge on any atom is 0.433 e. The van der Waals surface area contributed by atoms with Gasteiger partial charge in [-0.1, -0.05) is 29.8 Å². The van der Waals surface area contributed by atoms with Crippen LogP contribution in [0.3, 0.4) is 0 Å². The minimum Gasteiger partial charge on any atom is -0.588 e. The van der Waals surface area contributed by atoms with Crippen molar-refractivity contribution in [1.82, 2.24) is 9.97 Å². The Hall–Kier alpha value is -2.49. The van der Waals surface area contributed by atoms with Crippen molar-refractivity contribution in [3.05, 3.63) is 70.9 Å². The van der Waals surface area contributed by atoms with E-state index in [2.05, 4.69) is 9.97 Å². The number of alkyl halides is 3. The Labute approximate surface area is 166 Å². The van der Waals surface area contributed by atoms with Gasteiger partial charge in [-0.15, -0.1) is 0 Å². The maximum absolute atomic E-state index is 13.3. The van der Waals surface area contributed by atoms with Crippen LogP contribution in [0.1, 0.15) is 11.3 Å². The lowest BCUT2D eigenvalue weighted by atomic mass is 10.2. The zero-order valence-electron chi connectivity index (χ0n) is 14.0. The summed E-state index contributed by atoms with van der Waals surface area (Å²) in [6.07, 6.45) is -4.72. The lowest BCUT2D eigenvalue weighted by Crippen LogP contribution is -2.25. The Kier molecular flexibility index (Phi) is 4.82. The minimum atomic E-state index is -4.72. The van der Waals surface area contributed by atoms with Crippen LogP contribution in [0.2, 0.25) is 5.02 Å². The van der Waals surface area contributed by atoms with Crippen LogP contribution in [-0.2, 0) is 24.1 Å². The Morgan fingerprint density at radius 1 is 1.07 bits per heavy atom. The van der Waals surface area contributed by atoms with E-state index in [1.165, 1.54) is 28.6 Å². The third kappa shape index (κ3) is 3.73. The molecule has 2 aromatic carbocycles. The number of fused-ring (bicyclic) bond motifs is 1. The zero-order valence-corrected chi connectivity index (χ0v) is 15.6. The average Bonchev–Trinajstić information content (AvgIpc) is 3.00. The summed E-state index contributed by atoms with van der Waals surface area (Å²) < 4.78 is 59.3. The van der Waals surface area contributed by atoms with Crippen LogP contribution >= 0.6 is 11.6 Å². The van der Waals surface area contributed by atoms with Crippen molar-refractivity contribution in [3.8, 4) is 11.8 Å². The van der Waals surface area contributed by atoms with Gasteiger partial charge in [-0.2, -0.15) is 27.4 Å². The molecule has 3 aromatic rings. The molecule has 0 saturated carbocycles. The van der Waals surface area contributed by atoms with Gasteiger partial charge in [0.25, 0.3) is 0 Å². The standard InChI is InChI=1S/C18H11ClF3N3O2S/c19-12-5-7-13(8-6-12)27-17-23-15(18(20,21)22)9-16(24-17)25-10-11-3-1-2-4-14(11)28(25)26/h1-9H,10H2. The Morgan fingerprint density at radius 3 is 2.46 bits per heavy atom. The van der Waals surface area contributed by atoms with Crippen LogP contribution in [-0.4, -0.2) is 14.5 Å². The van der Waals surface area contributed by atoms with E-state index in [9.17, 15) is 17.7 Å². The molecule has 28 heavy (non-hydrogen) atoms. The van der Waals surface area contributed by atoms with Gasteiger partial charge in [-0.05, 0) is 30.3 Å².